The van der Waals surface area contributed by atoms with Gasteiger partial charge < -0.3 is 9.47 Å². The normalized spacial score (nSPS) is 14.2. The predicted molar refractivity (Wildman–Crippen MR) is 142 cm³/mol. The SMILES string of the molecule is C=C[C@H](c1ccccc1)[C@H](C)C(C)S(=O)(=O)N(Cc1ccc(OC)cc1)Cc1ccc(OC)cc1. The Morgan fingerprint density at radius 2 is 1.26 bits per heavy atom. The molecule has 3 atom stereocenters. The predicted octanol–water partition coefficient (Wildman–Crippen LogP) is 6.03. The van der Waals surface area contributed by atoms with Gasteiger partial charge in [-0.15, -0.1) is 6.58 Å². The van der Waals surface area contributed by atoms with Gasteiger partial charge in [0.05, 0.1) is 19.5 Å². The van der Waals surface area contributed by atoms with Crippen molar-refractivity contribution in [3.05, 3.63) is 108 Å². The molecule has 0 aromatic heterocycles. The van der Waals surface area contributed by atoms with Crippen LogP contribution in [0.15, 0.2) is 91.5 Å². The van der Waals surface area contributed by atoms with E-state index in [4.69, 9.17) is 9.47 Å². The molecule has 3 aromatic rings. The molecule has 0 aliphatic carbocycles. The molecule has 5 nitrogen and oxygen atoms in total. The first kappa shape index (κ1) is 26.5. The Hall–Kier alpha value is -3.09. The molecule has 0 bridgehead atoms. The van der Waals surface area contributed by atoms with Crippen molar-refractivity contribution in [2.24, 2.45) is 5.92 Å². The van der Waals surface area contributed by atoms with E-state index in [0.717, 1.165) is 28.2 Å². The smallest absolute Gasteiger partial charge is 0.217 e. The molecule has 3 rings (SSSR count). The number of sulfonamides is 1. The minimum atomic E-state index is -3.67. The number of rotatable bonds is 12. The van der Waals surface area contributed by atoms with Crippen LogP contribution in [0.4, 0.5) is 0 Å². The fourth-order valence-electron chi connectivity index (χ4n) is 4.23. The monoisotopic (exact) mass is 493 g/mol. The minimum Gasteiger partial charge on any atom is -0.497 e. The molecule has 35 heavy (non-hydrogen) atoms. The lowest BCUT2D eigenvalue weighted by molar-refractivity contribution is 0.376. The molecule has 0 N–H and O–H groups in total. The lowest BCUT2D eigenvalue weighted by Gasteiger charge is -2.32. The van der Waals surface area contributed by atoms with Gasteiger partial charge >= 0.3 is 0 Å². The highest BCUT2D eigenvalue weighted by Crippen LogP contribution is 2.33. The summed E-state index contributed by atoms with van der Waals surface area (Å²) in [6.07, 6.45) is 1.85. The highest BCUT2D eigenvalue weighted by atomic mass is 32.2. The highest BCUT2D eigenvalue weighted by molar-refractivity contribution is 7.89. The molecule has 186 valence electrons. The van der Waals surface area contributed by atoms with Crippen molar-refractivity contribution in [2.75, 3.05) is 14.2 Å². The Bertz CT molecular complexity index is 1130. The summed E-state index contributed by atoms with van der Waals surface area (Å²) in [5, 5.41) is -0.623. The van der Waals surface area contributed by atoms with E-state index in [9.17, 15) is 8.42 Å². The van der Waals surface area contributed by atoms with E-state index in [-0.39, 0.29) is 24.9 Å². The van der Waals surface area contributed by atoms with Crippen LogP contribution in [-0.2, 0) is 23.1 Å². The third kappa shape index (κ3) is 6.53. The van der Waals surface area contributed by atoms with Gasteiger partial charge in [0.2, 0.25) is 10.0 Å². The van der Waals surface area contributed by atoms with Gasteiger partial charge in [-0.3, -0.25) is 0 Å². The summed E-state index contributed by atoms with van der Waals surface area (Å²) in [4.78, 5) is 0. The van der Waals surface area contributed by atoms with Crippen LogP contribution >= 0.6 is 0 Å². The molecule has 0 amide bonds. The number of benzene rings is 3. The average molecular weight is 494 g/mol. The summed E-state index contributed by atoms with van der Waals surface area (Å²) >= 11 is 0. The zero-order chi connectivity index (χ0) is 25.4. The molecule has 1 unspecified atom stereocenters. The number of ether oxygens (including phenoxy) is 2. The summed E-state index contributed by atoms with van der Waals surface area (Å²) < 4.78 is 40.1. The Morgan fingerprint density at radius 1 is 0.800 bits per heavy atom. The van der Waals surface area contributed by atoms with Crippen molar-refractivity contribution in [3.63, 3.8) is 0 Å². The maximum Gasteiger partial charge on any atom is 0.217 e. The lowest BCUT2D eigenvalue weighted by Crippen LogP contribution is -2.40. The molecule has 0 aliphatic rings. The topological polar surface area (TPSA) is 55.8 Å². The first-order valence-corrected chi connectivity index (χ1v) is 13.2. The number of allylic oxidation sites excluding steroid dienone is 1. The summed E-state index contributed by atoms with van der Waals surface area (Å²) in [6.45, 7) is 8.32. The maximum absolute atomic E-state index is 14.0. The van der Waals surface area contributed by atoms with E-state index in [0.29, 0.717) is 0 Å². The van der Waals surface area contributed by atoms with Crippen molar-refractivity contribution in [2.45, 2.75) is 38.1 Å². The molecule has 0 radical (unpaired) electrons. The fraction of sp³-hybridized carbons (Fsp3) is 0.310. The molecule has 0 heterocycles. The quantitative estimate of drug-likeness (QED) is 0.289. The molecule has 0 saturated heterocycles. The number of nitrogens with zero attached hydrogens (tertiary/aromatic N) is 1. The first-order valence-electron chi connectivity index (χ1n) is 11.7. The third-order valence-electron chi connectivity index (χ3n) is 6.61. The molecule has 3 aromatic carbocycles. The zero-order valence-corrected chi connectivity index (χ0v) is 21.7. The summed E-state index contributed by atoms with van der Waals surface area (Å²) in [6, 6.07) is 25.0. The van der Waals surface area contributed by atoms with Gasteiger partial charge in [0, 0.05) is 19.0 Å². The Balaban J connectivity index is 1.92. The molecule has 0 spiro atoms. The molecule has 0 aliphatic heterocycles. The summed E-state index contributed by atoms with van der Waals surface area (Å²) in [5.74, 6) is 1.22. The van der Waals surface area contributed by atoms with Crippen molar-refractivity contribution in [3.8, 4) is 11.5 Å². The van der Waals surface area contributed by atoms with Gasteiger partial charge in [-0.05, 0) is 53.8 Å². The van der Waals surface area contributed by atoms with Crippen LogP contribution < -0.4 is 9.47 Å². The zero-order valence-electron chi connectivity index (χ0n) is 20.9. The van der Waals surface area contributed by atoms with Crippen molar-refractivity contribution >= 4 is 10.0 Å². The van der Waals surface area contributed by atoms with Crippen LogP contribution in [0.3, 0.4) is 0 Å². The van der Waals surface area contributed by atoms with Gasteiger partial charge in [0.15, 0.2) is 0 Å². The number of hydrogen-bond donors (Lipinski definition) is 0. The molecule has 6 heteroatoms. The fourth-order valence-corrected chi connectivity index (χ4v) is 6.07. The van der Waals surface area contributed by atoms with E-state index in [1.807, 2.05) is 91.9 Å². The molecular formula is C29H35NO4S. The van der Waals surface area contributed by atoms with Crippen LogP contribution in [0.5, 0.6) is 11.5 Å². The van der Waals surface area contributed by atoms with Gasteiger partial charge in [-0.2, -0.15) is 4.31 Å². The second kappa shape index (κ2) is 12.0. The summed E-state index contributed by atoms with van der Waals surface area (Å²) in [7, 11) is -0.443. The second-order valence-electron chi connectivity index (χ2n) is 8.75. The van der Waals surface area contributed by atoms with Crippen LogP contribution in [0.1, 0.15) is 36.5 Å². The van der Waals surface area contributed by atoms with Crippen LogP contribution in [-0.4, -0.2) is 32.2 Å². The Kier molecular flexibility index (Phi) is 9.13. The first-order chi connectivity index (χ1) is 16.8. The van der Waals surface area contributed by atoms with Crippen molar-refractivity contribution < 1.29 is 17.9 Å². The second-order valence-corrected chi connectivity index (χ2v) is 11.0. The Morgan fingerprint density at radius 3 is 1.66 bits per heavy atom. The third-order valence-corrected chi connectivity index (χ3v) is 8.96. The Labute approximate surface area is 210 Å². The van der Waals surface area contributed by atoms with E-state index in [1.165, 1.54) is 0 Å². The molecule has 0 fully saturated rings. The number of hydrogen-bond acceptors (Lipinski definition) is 4. The lowest BCUT2D eigenvalue weighted by atomic mass is 9.85. The number of methoxy groups -OCH3 is 2. The van der Waals surface area contributed by atoms with Gasteiger partial charge in [-0.25, -0.2) is 8.42 Å². The van der Waals surface area contributed by atoms with Crippen molar-refractivity contribution in [1.82, 2.24) is 4.31 Å². The van der Waals surface area contributed by atoms with E-state index in [1.54, 1.807) is 25.4 Å². The van der Waals surface area contributed by atoms with Crippen LogP contribution in [0, 0.1) is 5.92 Å². The van der Waals surface area contributed by atoms with E-state index < -0.39 is 15.3 Å². The van der Waals surface area contributed by atoms with E-state index >= 15 is 0 Å². The van der Waals surface area contributed by atoms with Gasteiger partial charge in [0.1, 0.15) is 11.5 Å². The van der Waals surface area contributed by atoms with Crippen LogP contribution in [0.2, 0.25) is 0 Å². The maximum atomic E-state index is 14.0. The van der Waals surface area contributed by atoms with Crippen molar-refractivity contribution in [1.29, 1.82) is 0 Å². The largest absolute Gasteiger partial charge is 0.497 e. The van der Waals surface area contributed by atoms with Crippen LogP contribution in [0.25, 0.3) is 0 Å². The molecule has 0 saturated carbocycles. The average Bonchev–Trinajstić information content (AvgIpc) is 2.89. The standard InChI is InChI=1S/C29H35NO4S/c1-6-29(26-10-8-7-9-11-26)22(2)23(3)35(31,32)30(20-24-12-16-27(33-4)17-13-24)21-25-14-18-28(34-5)19-15-25/h6-19,22-23,29H,1,20-21H2,2-5H3/t22-,23?,29+/m1/s1. The van der Waals surface area contributed by atoms with Gasteiger partial charge in [-0.1, -0.05) is 67.6 Å². The van der Waals surface area contributed by atoms with Gasteiger partial charge in [0.25, 0.3) is 0 Å². The highest BCUT2D eigenvalue weighted by Gasteiger charge is 2.35. The minimum absolute atomic E-state index is 0.0789. The summed E-state index contributed by atoms with van der Waals surface area (Å²) in [5.41, 5.74) is 2.85. The van der Waals surface area contributed by atoms with E-state index in [2.05, 4.69) is 6.58 Å². The molecular weight excluding hydrogens is 458 g/mol.